The summed E-state index contributed by atoms with van der Waals surface area (Å²) in [7, 11) is 0. The summed E-state index contributed by atoms with van der Waals surface area (Å²) >= 11 is 0. The molecular formula is C8H18N2. The largest absolute Gasteiger partial charge is 0.311 e. The molecule has 0 aromatic heterocycles. The molecule has 2 unspecified atom stereocenters. The van der Waals surface area contributed by atoms with Crippen molar-refractivity contribution in [3.05, 3.63) is 0 Å². The van der Waals surface area contributed by atoms with Crippen LogP contribution in [0.2, 0.25) is 1.41 Å². The van der Waals surface area contributed by atoms with Gasteiger partial charge in [-0.05, 0) is 12.8 Å². The minimum Gasteiger partial charge on any atom is -0.311 e. The molecule has 0 bridgehead atoms. The normalized spacial score (nSPS) is 37.6. The molecule has 1 heterocycles. The molecule has 2 heteroatoms. The maximum absolute atomic E-state index is 7.66. The van der Waals surface area contributed by atoms with Gasteiger partial charge < -0.3 is 10.6 Å². The van der Waals surface area contributed by atoms with Gasteiger partial charge in [0.05, 0.1) is 0 Å². The van der Waals surface area contributed by atoms with Crippen molar-refractivity contribution >= 4 is 0 Å². The topological polar surface area (TPSA) is 24.1 Å². The van der Waals surface area contributed by atoms with Gasteiger partial charge in [0.15, 0.2) is 0 Å². The van der Waals surface area contributed by atoms with Crippen molar-refractivity contribution < 1.29 is 1.41 Å². The minimum atomic E-state index is 0.429. The predicted molar refractivity (Wildman–Crippen MR) is 44.2 cm³/mol. The average Bonchev–Trinajstić information content (AvgIpc) is 2.04. The van der Waals surface area contributed by atoms with Crippen LogP contribution in [0.25, 0.3) is 0 Å². The van der Waals surface area contributed by atoms with Gasteiger partial charge in [-0.2, -0.15) is 0 Å². The number of hydrogen-bond acceptors (Lipinski definition) is 2. The van der Waals surface area contributed by atoms with Crippen molar-refractivity contribution in [2.24, 2.45) is 0 Å². The van der Waals surface area contributed by atoms with Crippen molar-refractivity contribution in [3.63, 3.8) is 0 Å². The standard InChI is InChI=1S/C8H18N2/c1-3-7-5-10-8(4-2)6-9-7/h7-10H,3-6H2,1-2H3/i/hD. The van der Waals surface area contributed by atoms with E-state index in [2.05, 4.69) is 19.2 Å². The highest BCUT2D eigenvalue weighted by atomic mass is 15.1. The molecule has 1 rings (SSSR count). The van der Waals surface area contributed by atoms with Gasteiger partial charge in [-0.1, -0.05) is 13.8 Å². The molecule has 10 heavy (non-hydrogen) atoms. The van der Waals surface area contributed by atoms with Crippen LogP contribution in [-0.4, -0.2) is 25.2 Å². The van der Waals surface area contributed by atoms with Crippen molar-refractivity contribution in [2.45, 2.75) is 38.8 Å². The fraction of sp³-hybridized carbons (Fsp3) is 1.00. The molecule has 0 aromatic carbocycles. The van der Waals surface area contributed by atoms with Crippen LogP contribution in [0.5, 0.6) is 0 Å². The molecule has 1 fully saturated rings. The number of hydrogen-bond donors (Lipinski definition) is 2. The summed E-state index contributed by atoms with van der Waals surface area (Å²) in [5.74, 6) is 0. The Morgan fingerprint density at radius 3 is 2.50 bits per heavy atom. The van der Waals surface area contributed by atoms with Crippen LogP contribution in [0.15, 0.2) is 0 Å². The molecule has 2 N–H and O–H groups in total. The van der Waals surface area contributed by atoms with E-state index in [1.54, 1.807) is 5.31 Å². The Balaban J connectivity index is 2.34. The molecule has 1 aliphatic rings. The van der Waals surface area contributed by atoms with E-state index in [0.29, 0.717) is 12.1 Å². The molecule has 1 aliphatic heterocycles. The lowest BCUT2D eigenvalue weighted by molar-refractivity contribution is 0.334. The minimum absolute atomic E-state index is 0.429. The third kappa shape index (κ3) is 1.96. The molecule has 0 amide bonds. The van der Waals surface area contributed by atoms with Crippen LogP contribution in [-0.2, 0) is 0 Å². The lowest BCUT2D eigenvalue weighted by Gasteiger charge is -2.29. The van der Waals surface area contributed by atoms with E-state index < -0.39 is 0 Å². The summed E-state index contributed by atoms with van der Waals surface area (Å²) in [4.78, 5) is 0. The number of nitrogens with one attached hydrogen (secondary N) is 2. The molecule has 2 nitrogen and oxygen atoms in total. The first kappa shape index (κ1) is 6.62. The van der Waals surface area contributed by atoms with Gasteiger partial charge in [-0.3, -0.25) is 0 Å². The van der Waals surface area contributed by atoms with Crippen LogP contribution >= 0.6 is 0 Å². The van der Waals surface area contributed by atoms with Gasteiger partial charge >= 0.3 is 0 Å². The summed E-state index contributed by atoms with van der Waals surface area (Å²) in [6.07, 6.45) is 2.21. The lowest BCUT2D eigenvalue weighted by Crippen LogP contribution is -2.53. The van der Waals surface area contributed by atoms with Gasteiger partial charge in [0.2, 0.25) is 0 Å². The average molecular weight is 143 g/mol. The van der Waals surface area contributed by atoms with E-state index in [9.17, 15) is 0 Å². The summed E-state index contributed by atoms with van der Waals surface area (Å²) in [6.45, 7) is 6.17. The van der Waals surface area contributed by atoms with Gasteiger partial charge in [-0.15, -0.1) is 0 Å². The third-order valence-electron chi connectivity index (χ3n) is 2.19. The molecule has 0 radical (unpaired) electrons. The molecule has 0 aromatic rings. The fourth-order valence-corrected chi connectivity index (χ4v) is 1.25. The van der Waals surface area contributed by atoms with Gasteiger partial charge in [-0.25, -0.2) is 0 Å². The molecular weight excluding hydrogens is 124 g/mol. The Morgan fingerprint density at radius 1 is 1.30 bits per heavy atom. The Morgan fingerprint density at radius 2 is 2.00 bits per heavy atom. The van der Waals surface area contributed by atoms with Gasteiger partial charge in [0.25, 0.3) is 0 Å². The van der Waals surface area contributed by atoms with E-state index in [1.165, 1.54) is 0 Å². The number of rotatable bonds is 2. The first-order valence-corrected chi connectivity index (χ1v) is 4.26. The van der Waals surface area contributed by atoms with E-state index >= 15 is 0 Å². The molecule has 2 atom stereocenters. The zero-order valence-electron chi connectivity index (χ0n) is 7.93. The summed E-state index contributed by atoms with van der Waals surface area (Å²) in [5, 5.41) is 5.17. The van der Waals surface area contributed by atoms with Crippen LogP contribution in [0.3, 0.4) is 0 Å². The quantitative estimate of drug-likeness (QED) is 0.595. The smallest absolute Gasteiger partial charge is 0.123 e. The molecule has 0 aliphatic carbocycles. The second kappa shape index (κ2) is 3.94. The Kier molecular flexibility index (Phi) is 2.61. The highest BCUT2D eigenvalue weighted by molar-refractivity contribution is 4.80. The molecule has 0 saturated carbocycles. The van der Waals surface area contributed by atoms with Crippen molar-refractivity contribution in [2.75, 3.05) is 13.1 Å². The van der Waals surface area contributed by atoms with E-state index in [1.807, 2.05) is 0 Å². The molecule has 0 spiro atoms. The predicted octanol–water partition coefficient (Wildman–Crippen LogP) is 0.736. The van der Waals surface area contributed by atoms with Crippen LogP contribution in [0, 0.1) is 0 Å². The van der Waals surface area contributed by atoms with Crippen molar-refractivity contribution in [1.29, 1.82) is 0 Å². The van der Waals surface area contributed by atoms with Gasteiger partial charge in [0.1, 0.15) is 1.41 Å². The summed E-state index contributed by atoms with van der Waals surface area (Å²) in [5.41, 5.74) is 0. The van der Waals surface area contributed by atoms with Crippen molar-refractivity contribution in [1.82, 2.24) is 10.6 Å². The zero-order chi connectivity index (χ0) is 8.27. The van der Waals surface area contributed by atoms with Crippen LogP contribution in [0.1, 0.15) is 26.7 Å². The van der Waals surface area contributed by atoms with E-state index in [-0.39, 0.29) is 0 Å². The summed E-state index contributed by atoms with van der Waals surface area (Å²) in [6, 6.07) is 0.966. The molecule has 1 saturated heterocycles. The first-order valence-electron chi connectivity index (χ1n) is 4.71. The fourth-order valence-electron chi connectivity index (χ4n) is 1.25. The molecule has 60 valence electrons. The van der Waals surface area contributed by atoms with Crippen LogP contribution < -0.4 is 10.6 Å². The maximum atomic E-state index is 7.66. The second-order valence-corrected chi connectivity index (χ2v) is 2.94. The monoisotopic (exact) mass is 143 g/mol. The van der Waals surface area contributed by atoms with Crippen molar-refractivity contribution in [3.8, 4) is 0 Å². The number of piperazine rings is 1. The third-order valence-corrected chi connectivity index (χ3v) is 2.19. The maximum Gasteiger partial charge on any atom is 0.123 e. The highest BCUT2D eigenvalue weighted by Crippen LogP contribution is 1.99. The SMILES string of the molecule is [2H]N1CC(CC)NCC1CC. The van der Waals surface area contributed by atoms with Crippen LogP contribution in [0.4, 0.5) is 0 Å². The zero-order valence-corrected chi connectivity index (χ0v) is 6.93. The second-order valence-electron chi connectivity index (χ2n) is 2.94. The Hall–Kier alpha value is -0.0800. The lowest BCUT2D eigenvalue weighted by atomic mass is 10.1. The Bertz CT molecular complexity index is 119. The summed E-state index contributed by atoms with van der Waals surface area (Å²) < 4.78 is 7.66. The van der Waals surface area contributed by atoms with Gasteiger partial charge in [0, 0.05) is 25.2 Å². The van der Waals surface area contributed by atoms with E-state index in [4.69, 9.17) is 1.41 Å². The van der Waals surface area contributed by atoms with E-state index in [0.717, 1.165) is 25.9 Å². The highest BCUT2D eigenvalue weighted by Gasteiger charge is 2.15. The Labute approximate surface area is 64.9 Å². The first-order chi connectivity index (χ1) is 5.27.